The summed E-state index contributed by atoms with van der Waals surface area (Å²) in [5.41, 5.74) is 6.04. The van der Waals surface area contributed by atoms with E-state index in [-0.39, 0.29) is 5.91 Å². The summed E-state index contributed by atoms with van der Waals surface area (Å²) in [5, 5.41) is 3.00. The molecule has 3 rings (SSSR count). The lowest BCUT2D eigenvalue weighted by atomic mass is 9.91. The largest absolute Gasteiger partial charge is 0.321 e. The van der Waals surface area contributed by atoms with Crippen molar-refractivity contribution in [3.8, 4) is 0 Å². The Balaban J connectivity index is 2.34. The van der Waals surface area contributed by atoms with E-state index in [1.54, 1.807) is 0 Å². The Kier molecular flexibility index (Phi) is 2.71. The average Bonchev–Trinajstić information content (AvgIpc) is 2.45. The number of hydrogen-bond acceptors (Lipinski definition) is 1. The van der Waals surface area contributed by atoms with Crippen LogP contribution in [0.15, 0.2) is 48.5 Å². The molecule has 0 fully saturated rings. The first-order valence-electron chi connectivity index (χ1n) is 6.36. The number of benzene rings is 2. The van der Waals surface area contributed by atoms with Gasteiger partial charge in [0.05, 0.1) is 0 Å². The van der Waals surface area contributed by atoms with Gasteiger partial charge in [0.25, 0.3) is 5.91 Å². The average molecular weight is 249 g/mol. The molecule has 1 aliphatic rings. The van der Waals surface area contributed by atoms with Crippen LogP contribution >= 0.6 is 0 Å². The molecule has 1 aliphatic heterocycles. The monoisotopic (exact) mass is 249 g/mol. The highest BCUT2D eigenvalue weighted by molar-refractivity contribution is 6.12. The second-order valence-electron chi connectivity index (χ2n) is 4.80. The van der Waals surface area contributed by atoms with Crippen molar-refractivity contribution < 1.29 is 4.79 Å². The van der Waals surface area contributed by atoms with E-state index in [0.717, 1.165) is 28.0 Å². The minimum Gasteiger partial charge on any atom is -0.321 e. The zero-order chi connectivity index (χ0) is 13.4. The van der Waals surface area contributed by atoms with Gasteiger partial charge in [-0.25, -0.2) is 0 Å². The van der Waals surface area contributed by atoms with Crippen LogP contribution < -0.4 is 5.32 Å². The van der Waals surface area contributed by atoms with Crippen LogP contribution in [0.1, 0.15) is 35.3 Å². The van der Waals surface area contributed by atoms with Gasteiger partial charge in [-0.3, -0.25) is 4.79 Å². The molecule has 1 N–H and O–H groups in total. The van der Waals surface area contributed by atoms with Gasteiger partial charge in [0.2, 0.25) is 0 Å². The molecule has 2 aromatic rings. The molecule has 19 heavy (non-hydrogen) atoms. The van der Waals surface area contributed by atoms with E-state index in [2.05, 4.69) is 19.2 Å². The number of fused-ring (bicyclic) bond motifs is 2. The fraction of sp³-hybridized carbons (Fsp3) is 0.118. The van der Waals surface area contributed by atoms with Gasteiger partial charge in [0.15, 0.2) is 0 Å². The first-order chi connectivity index (χ1) is 9.18. The summed E-state index contributed by atoms with van der Waals surface area (Å²) >= 11 is 0. The third-order valence-corrected chi connectivity index (χ3v) is 3.72. The molecule has 2 aromatic carbocycles. The molecule has 0 aromatic heterocycles. The summed E-state index contributed by atoms with van der Waals surface area (Å²) in [6, 6.07) is 15.7. The summed E-state index contributed by atoms with van der Waals surface area (Å²) in [6.07, 6.45) is 0. The number of nitrogens with one attached hydrogen (secondary N) is 1. The fourth-order valence-electron chi connectivity index (χ4n) is 2.52. The van der Waals surface area contributed by atoms with Crippen molar-refractivity contribution in [1.82, 2.24) is 0 Å². The summed E-state index contributed by atoms with van der Waals surface area (Å²) in [4.78, 5) is 12.3. The van der Waals surface area contributed by atoms with Crippen LogP contribution in [-0.4, -0.2) is 5.91 Å². The van der Waals surface area contributed by atoms with Crippen LogP contribution in [0.4, 0.5) is 5.69 Å². The highest BCUT2D eigenvalue weighted by Crippen LogP contribution is 2.34. The van der Waals surface area contributed by atoms with E-state index in [4.69, 9.17) is 0 Å². The predicted molar refractivity (Wildman–Crippen MR) is 79.0 cm³/mol. The van der Waals surface area contributed by atoms with Gasteiger partial charge < -0.3 is 5.32 Å². The first-order valence-corrected chi connectivity index (χ1v) is 6.36. The predicted octanol–water partition coefficient (Wildman–Crippen LogP) is 4.20. The number of anilines is 1. The number of carbonyl (C=O) groups is 1. The lowest BCUT2D eigenvalue weighted by Crippen LogP contribution is -2.16. The summed E-state index contributed by atoms with van der Waals surface area (Å²) in [7, 11) is 0. The Hall–Kier alpha value is -2.35. The Morgan fingerprint density at radius 1 is 0.737 bits per heavy atom. The zero-order valence-corrected chi connectivity index (χ0v) is 11.0. The lowest BCUT2D eigenvalue weighted by molar-refractivity contribution is 0.102. The SMILES string of the molecule is C/C1=C(\C)c2ccccc2C(=O)Nc2ccccc21. The van der Waals surface area contributed by atoms with Gasteiger partial charge in [-0.05, 0) is 42.7 Å². The molecule has 2 nitrogen and oxygen atoms in total. The first kappa shape index (κ1) is 11.7. The van der Waals surface area contributed by atoms with E-state index >= 15 is 0 Å². The molecule has 2 heteroatoms. The number of para-hydroxylation sites is 1. The number of carbonyl (C=O) groups excluding carboxylic acids is 1. The zero-order valence-electron chi connectivity index (χ0n) is 11.0. The van der Waals surface area contributed by atoms with Crippen molar-refractivity contribution >= 4 is 22.7 Å². The molecule has 0 aliphatic carbocycles. The van der Waals surface area contributed by atoms with E-state index in [0.29, 0.717) is 0 Å². The van der Waals surface area contributed by atoms with E-state index in [1.807, 2.05) is 48.5 Å². The van der Waals surface area contributed by atoms with Crippen molar-refractivity contribution in [2.24, 2.45) is 0 Å². The molecule has 1 amide bonds. The minimum absolute atomic E-state index is 0.0464. The normalized spacial score (nSPS) is 17.9. The molecule has 0 bridgehead atoms. The number of hydrogen-bond donors (Lipinski definition) is 1. The third kappa shape index (κ3) is 1.85. The summed E-state index contributed by atoms with van der Waals surface area (Å²) in [5.74, 6) is -0.0464. The number of allylic oxidation sites excluding steroid dienone is 2. The van der Waals surface area contributed by atoms with Crippen LogP contribution in [0, 0.1) is 0 Å². The van der Waals surface area contributed by atoms with Gasteiger partial charge in [-0.2, -0.15) is 0 Å². The van der Waals surface area contributed by atoms with Crippen LogP contribution in [0.25, 0.3) is 11.1 Å². The second kappa shape index (κ2) is 4.39. The molecular formula is C17H15NO. The highest BCUT2D eigenvalue weighted by Gasteiger charge is 2.19. The number of amides is 1. The lowest BCUT2D eigenvalue weighted by Gasteiger charge is -2.20. The molecule has 94 valence electrons. The van der Waals surface area contributed by atoms with E-state index in [1.165, 1.54) is 5.57 Å². The van der Waals surface area contributed by atoms with E-state index in [9.17, 15) is 4.79 Å². The van der Waals surface area contributed by atoms with Gasteiger partial charge in [-0.15, -0.1) is 0 Å². The van der Waals surface area contributed by atoms with Crippen molar-refractivity contribution in [3.05, 3.63) is 65.2 Å². The molecule has 0 radical (unpaired) electrons. The van der Waals surface area contributed by atoms with Crippen LogP contribution in [0.3, 0.4) is 0 Å². The fourth-order valence-corrected chi connectivity index (χ4v) is 2.52. The molecule has 1 heterocycles. The Labute approximate surface area is 112 Å². The standard InChI is InChI=1S/C17H15NO/c1-11-12(2)14-8-5-6-10-16(14)18-17(19)15-9-4-3-7-13(11)15/h3-10H,1-2H3,(H,18,19). The highest BCUT2D eigenvalue weighted by atomic mass is 16.1. The molecule has 0 atom stereocenters. The van der Waals surface area contributed by atoms with Gasteiger partial charge >= 0.3 is 0 Å². The maximum atomic E-state index is 12.3. The van der Waals surface area contributed by atoms with Gasteiger partial charge in [-0.1, -0.05) is 36.4 Å². The molecular weight excluding hydrogens is 234 g/mol. The number of rotatable bonds is 0. The minimum atomic E-state index is -0.0464. The maximum Gasteiger partial charge on any atom is 0.256 e. The molecule has 0 saturated heterocycles. The maximum absolute atomic E-state index is 12.3. The van der Waals surface area contributed by atoms with Crippen molar-refractivity contribution in [3.63, 3.8) is 0 Å². The summed E-state index contributed by atoms with van der Waals surface area (Å²) < 4.78 is 0. The Bertz CT molecular complexity index is 698. The van der Waals surface area contributed by atoms with E-state index < -0.39 is 0 Å². The Morgan fingerprint density at radius 2 is 1.26 bits per heavy atom. The van der Waals surface area contributed by atoms with Crippen molar-refractivity contribution in [2.75, 3.05) is 5.32 Å². The quantitative estimate of drug-likeness (QED) is 0.744. The Morgan fingerprint density at radius 3 is 2.00 bits per heavy atom. The van der Waals surface area contributed by atoms with Gasteiger partial charge in [0, 0.05) is 16.8 Å². The summed E-state index contributed by atoms with van der Waals surface area (Å²) in [6.45, 7) is 4.17. The van der Waals surface area contributed by atoms with Crippen molar-refractivity contribution in [2.45, 2.75) is 13.8 Å². The van der Waals surface area contributed by atoms with Crippen LogP contribution in [-0.2, 0) is 0 Å². The van der Waals surface area contributed by atoms with Gasteiger partial charge in [0.1, 0.15) is 0 Å². The van der Waals surface area contributed by atoms with Crippen molar-refractivity contribution in [1.29, 1.82) is 0 Å². The topological polar surface area (TPSA) is 29.1 Å². The smallest absolute Gasteiger partial charge is 0.256 e. The molecule has 0 unspecified atom stereocenters. The second-order valence-corrected chi connectivity index (χ2v) is 4.80. The van der Waals surface area contributed by atoms with Crippen LogP contribution in [0.5, 0.6) is 0 Å². The molecule has 0 spiro atoms. The third-order valence-electron chi connectivity index (χ3n) is 3.72. The molecule has 0 saturated carbocycles. The van der Waals surface area contributed by atoms with Crippen LogP contribution in [0.2, 0.25) is 0 Å².